The van der Waals surface area contributed by atoms with E-state index >= 15 is 0 Å². The van der Waals surface area contributed by atoms with Gasteiger partial charge in [-0.25, -0.2) is 0 Å². The maximum Gasteiger partial charge on any atom is 0.0991 e. The molecule has 0 bridgehead atoms. The van der Waals surface area contributed by atoms with Crippen LogP contribution in [-0.4, -0.2) is 18.2 Å². The standard InChI is InChI=1S/C14H16N2O/c15-7-10-1-3-13(4-2-10)14(17)5-11-8-16-9-12(11)6-14/h1-4,11-12,16-17H,5-6,8-9H2/t11-,12+,14-. The van der Waals surface area contributed by atoms with Crippen LogP contribution in [0.2, 0.25) is 0 Å². The first-order chi connectivity index (χ1) is 8.21. The number of aliphatic hydroxyl groups is 1. The van der Waals surface area contributed by atoms with Gasteiger partial charge in [-0.05, 0) is 55.5 Å². The van der Waals surface area contributed by atoms with E-state index in [-0.39, 0.29) is 0 Å². The van der Waals surface area contributed by atoms with Gasteiger partial charge in [0.25, 0.3) is 0 Å². The van der Waals surface area contributed by atoms with Crippen molar-refractivity contribution in [1.29, 1.82) is 5.26 Å². The summed E-state index contributed by atoms with van der Waals surface area (Å²) in [6.45, 7) is 2.06. The molecule has 2 fully saturated rings. The van der Waals surface area contributed by atoms with Crippen molar-refractivity contribution in [2.75, 3.05) is 13.1 Å². The van der Waals surface area contributed by atoms with Gasteiger partial charge in [0.15, 0.2) is 0 Å². The summed E-state index contributed by atoms with van der Waals surface area (Å²) >= 11 is 0. The first kappa shape index (κ1) is 10.8. The fourth-order valence-corrected chi connectivity index (χ4v) is 3.31. The SMILES string of the molecule is N#Cc1ccc([C@]2(O)C[C@H]3CNC[C@H]3C2)cc1. The summed E-state index contributed by atoms with van der Waals surface area (Å²) in [5.74, 6) is 1.21. The fraction of sp³-hybridized carbons (Fsp3) is 0.500. The van der Waals surface area contributed by atoms with Crippen LogP contribution in [0.1, 0.15) is 24.0 Å². The van der Waals surface area contributed by atoms with Crippen molar-refractivity contribution >= 4 is 0 Å². The van der Waals surface area contributed by atoms with Gasteiger partial charge in [0, 0.05) is 0 Å². The summed E-state index contributed by atoms with van der Waals surface area (Å²) in [6.07, 6.45) is 1.69. The van der Waals surface area contributed by atoms with Gasteiger partial charge >= 0.3 is 0 Å². The highest BCUT2D eigenvalue weighted by Crippen LogP contribution is 2.46. The summed E-state index contributed by atoms with van der Waals surface area (Å²) in [4.78, 5) is 0. The zero-order chi connectivity index (χ0) is 11.9. The van der Waals surface area contributed by atoms with E-state index in [9.17, 15) is 5.11 Å². The van der Waals surface area contributed by atoms with E-state index in [1.54, 1.807) is 12.1 Å². The number of nitriles is 1. The summed E-state index contributed by atoms with van der Waals surface area (Å²) in [7, 11) is 0. The second-order valence-electron chi connectivity index (χ2n) is 5.31. The van der Waals surface area contributed by atoms with Crippen molar-refractivity contribution in [2.24, 2.45) is 11.8 Å². The lowest BCUT2D eigenvalue weighted by Gasteiger charge is -2.24. The molecule has 0 spiro atoms. The van der Waals surface area contributed by atoms with Crippen LogP contribution in [0.4, 0.5) is 0 Å². The third-order valence-corrected chi connectivity index (χ3v) is 4.23. The van der Waals surface area contributed by atoms with Crippen LogP contribution in [0.3, 0.4) is 0 Å². The molecule has 1 saturated carbocycles. The Kier molecular flexibility index (Phi) is 2.43. The smallest absolute Gasteiger partial charge is 0.0991 e. The normalized spacial score (nSPS) is 35.5. The van der Waals surface area contributed by atoms with E-state index in [2.05, 4.69) is 11.4 Å². The topological polar surface area (TPSA) is 56.0 Å². The van der Waals surface area contributed by atoms with Crippen molar-refractivity contribution in [3.05, 3.63) is 35.4 Å². The minimum Gasteiger partial charge on any atom is -0.385 e. The van der Waals surface area contributed by atoms with Gasteiger partial charge < -0.3 is 10.4 Å². The van der Waals surface area contributed by atoms with Crippen LogP contribution in [0.25, 0.3) is 0 Å². The van der Waals surface area contributed by atoms with Crippen LogP contribution < -0.4 is 5.32 Å². The molecule has 0 radical (unpaired) electrons. The predicted molar refractivity (Wildman–Crippen MR) is 64.1 cm³/mol. The molecule has 1 aromatic rings. The van der Waals surface area contributed by atoms with Gasteiger partial charge in [-0.1, -0.05) is 12.1 Å². The Hall–Kier alpha value is -1.37. The molecular formula is C14H16N2O. The largest absolute Gasteiger partial charge is 0.385 e. The Labute approximate surface area is 101 Å². The highest BCUT2D eigenvalue weighted by molar-refractivity contribution is 5.34. The van der Waals surface area contributed by atoms with E-state index in [0.29, 0.717) is 17.4 Å². The number of rotatable bonds is 1. The number of hydrogen-bond acceptors (Lipinski definition) is 3. The molecule has 0 aromatic heterocycles. The highest BCUT2D eigenvalue weighted by Gasteiger charge is 2.46. The molecule has 3 nitrogen and oxygen atoms in total. The minimum absolute atomic E-state index is 0.607. The Balaban J connectivity index is 1.86. The van der Waals surface area contributed by atoms with Crippen LogP contribution in [0, 0.1) is 23.2 Å². The molecule has 3 heteroatoms. The zero-order valence-corrected chi connectivity index (χ0v) is 9.69. The second-order valence-corrected chi connectivity index (χ2v) is 5.31. The lowest BCUT2D eigenvalue weighted by atomic mass is 9.90. The molecule has 3 atom stereocenters. The number of nitrogens with zero attached hydrogens (tertiary/aromatic N) is 1. The van der Waals surface area contributed by atoms with Gasteiger partial charge in [-0.2, -0.15) is 5.26 Å². The summed E-state index contributed by atoms with van der Waals surface area (Å²) in [5.41, 5.74) is 0.939. The first-order valence-electron chi connectivity index (χ1n) is 6.15. The third kappa shape index (κ3) is 1.74. The number of fused-ring (bicyclic) bond motifs is 1. The Morgan fingerprint density at radius 3 is 2.29 bits per heavy atom. The molecule has 1 heterocycles. The fourth-order valence-electron chi connectivity index (χ4n) is 3.31. The van der Waals surface area contributed by atoms with Crippen LogP contribution in [0.15, 0.2) is 24.3 Å². The van der Waals surface area contributed by atoms with Crippen molar-refractivity contribution in [2.45, 2.75) is 18.4 Å². The minimum atomic E-state index is -0.675. The van der Waals surface area contributed by atoms with Gasteiger partial charge in [-0.15, -0.1) is 0 Å². The third-order valence-electron chi connectivity index (χ3n) is 4.23. The molecule has 0 amide bonds. The molecule has 2 N–H and O–H groups in total. The lowest BCUT2D eigenvalue weighted by molar-refractivity contribution is 0.0359. The number of nitrogens with one attached hydrogen (secondary N) is 1. The average molecular weight is 228 g/mol. The van der Waals surface area contributed by atoms with E-state index < -0.39 is 5.60 Å². The maximum atomic E-state index is 10.7. The molecule has 88 valence electrons. The van der Waals surface area contributed by atoms with E-state index in [1.807, 2.05) is 12.1 Å². The predicted octanol–water partition coefficient (Wildman–Crippen LogP) is 1.38. The van der Waals surface area contributed by atoms with E-state index in [0.717, 1.165) is 31.5 Å². The van der Waals surface area contributed by atoms with Gasteiger partial charge in [-0.3, -0.25) is 0 Å². The highest BCUT2D eigenvalue weighted by atomic mass is 16.3. The number of benzene rings is 1. The van der Waals surface area contributed by atoms with Gasteiger partial charge in [0.2, 0.25) is 0 Å². The van der Waals surface area contributed by atoms with E-state index in [4.69, 9.17) is 5.26 Å². The summed E-state index contributed by atoms with van der Waals surface area (Å²) in [6, 6.07) is 9.48. The maximum absolute atomic E-state index is 10.7. The van der Waals surface area contributed by atoms with E-state index in [1.165, 1.54) is 0 Å². The van der Waals surface area contributed by atoms with Gasteiger partial charge in [0.05, 0.1) is 17.2 Å². The van der Waals surface area contributed by atoms with Crippen molar-refractivity contribution in [3.63, 3.8) is 0 Å². The molecular weight excluding hydrogens is 212 g/mol. The first-order valence-corrected chi connectivity index (χ1v) is 6.15. The van der Waals surface area contributed by atoms with Gasteiger partial charge in [0.1, 0.15) is 0 Å². The Morgan fingerprint density at radius 1 is 1.18 bits per heavy atom. The Morgan fingerprint density at radius 2 is 1.76 bits per heavy atom. The monoisotopic (exact) mass is 228 g/mol. The van der Waals surface area contributed by atoms with Crippen molar-refractivity contribution in [3.8, 4) is 6.07 Å². The molecule has 2 aliphatic rings. The molecule has 1 saturated heterocycles. The molecule has 3 rings (SSSR count). The zero-order valence-electron chi connectivity index (χ0n) is 9.69. The lowest BCUT2D eigenvalue weighted by Crippen LogP contribution is -2.25. The molecule has 1 aromatic carbocycles. The van der Waals surface area contributed by atoms with Crippen LogP contribution >= 0.6 is 0 Å². The molecule has 1 aliphatic heterocycles. The van der Waals surface area contributed by atoms with Crippen molar-refractivity contribution in [1.82, 2.24) is 5.32 Å². The second kappa shape index (κ2) is 3.83. The molecule has 0 unspecified atom stereocenters. The summed E-state index contributed by atoms with van der Waals surface area (Å²) in [5, 5.41) is 22.9. The Bertz CT molecular complexity index is 448. The van der Waals surface area contributed by atoms with Crippen LogP contribution in [0.5, 0.6) is 0 Å². The summed E-state index contributed by atoms with van der Waals surface area (Å²) < 4.78 is 0. The number of hydrogen-bond donors (Lipinski definition) is 2. The molecule has 1 aliphatic carbocycles. The van der Waals surface area contributed by atoms with Crippen LogP contribution in [-0.2, 0) is 5.60 Å². The molecule has 17 heavy (non-hydrogen) atoms. The average Bonchev–Trinajstić information content (AvgIpc) is 2.88. The quantitative estimate of drug-likeness (QED) is 0.763. The van der Waals surface area contributed by atoms with Crippen molar-refractivity contribution < 1.29 is 5.11 Å².